The minimum absolute atomic E-state index is 0.00652. The van der Waals surface area contributed by atoms with Crippen LogP contribution in [0.1, 0.15) is 18.5 Å². The molecule has 3 nitrogen and oxygen atoms in total. The Balaban J connectivity index is 2.10. The van der Waals surface area contributed by atoms with E-state index in [9.17, 15) is 4.39 Å². The number of anilines is 1. The number of benzene rings is 2. The largest absolute Gasteiger partial charge is 0.479 e. The summed E-state index contributed by atoms with van der Waals surface area (Å²) in [6, 6.07) is 13.8. The fourth-order valence-electron chi connectivity index (χ4n) is 1.91. The Morgan fingerprint density at radius 2 is 2.14 bits per heavy atom. The predicted molar refractivity (Wildman–Crippen MR) is 81.0 cm³/mol. The van der Waals surface area contributed by atoms with Crippen molar-refractivity contribution in [2.75, 3.05) is 11.9 Å². The van der Waals surface area contributed by atoms with Crippen LogP contribution in [-0.2, 0) is 0 Å². The lowest BCUT2D eigenvalue weighted by molar-refractivity contribution is 0.368. The van der Waals surface area contributed by atoms with E-state index in [1.807, 2.05) is 25.1 Å². The molecule has 5 heteroatoms. The van der Waals surface area contributed by atoms with Crippen LogP contribution in [0.25, 0.3) is 0 Å². The number of nitrogens with zero attached hydrogens (tertiary/aromatic N) is 1. The Morgan fingerprint density at radius 3 is 2.86 bits per heavy atom. The van der Waals surface area contributed by atoms with Gasteiger partial charge in [0.1, 0.15) is 17.6 Å². The molecule has 0 fully saturated rings. The van der Waals surface area contributed by atoms with E-state index >= 15 is 0 Å². The van der Waals surface area contributed by atoms with Gasteiger partial charge in [-0.3, -0.25) is 0 Å². The SMILES string of the molecule is CC(Nc1cccc(OCC#N)c1)c1ccc(F)c(Cl)c1. The molecule has 0 heterocycles. The molecule has 0 aromatic heterocycles. The van der Waals surface area contributed by atoms with Crippen LogP contribution in [0.3, 0.4) is 0 Å². The van der Waals surface area contributed by atoms with E-state index in [1.54, 1.807) is 24.3 Å². The van der Waals surface area contributed by atoms with Crippen molar-refractivity contribution in [1.82, 2.24) is 0 Å². The van der Waals surface area contributed by atoms with Crippen LogP contribution in [0.15, 0.2) is 42.5 Å². The zero-order chi connectivity index (χ0) is 15.2. The van der Waals surface area contributed by atoms with E-state index in [1.165, 1.54) is 6.07 Å². The average molecular weight is 305 g/mol. The fraction of sp³-hybridized carbons (Fsp3) is 0.188. The molecule has 0 radical (unpaired) electrons. The van der Waals surface area contributed by atoms with Crippen molar-refractivity contribution < 1.29 is 9.13 Å². The Labute approximate surface area is 127 Å². The first-order valence-electron chi connectivity index (χ1n) is 6.41. The van der Waals surface area contributed by atoms with Crippen molar-refractivity contribution in [3.63, 3.8) is 0 Å². The van der Waals surface area contributed by atoms with Crippen molar-refractivity contribution in [2.24, 2.45) is 0 Å². The van der Waals surface area contributed by atoms with Crippen LogP contribution in [0.2, 0.25) is 5.02 Å². The van der Waals surface area contributed by atoms with Crippen LogP contribution in [-0.4, -0.2) is 6.61 Å². The first kappa shape index (κ1) is 15.1. The molecule has 0 amide bonds. The van der Waals surface area contributed by atoms with Gasteiger partial charge in [-0.25, -0.2) is 4.39 Å². The first-order valence-corrected chi connectivity index (χ1v) is 6.79. The van der Waals surface area contributed by atoms with Crippen molar-refractivity contribution in [3.8, 4) is 11.8 Å². The molecule has 0 bridgehead atoms. The summed E-state index contributed by atoms with van der Waals surface area (Å²) in [5, 5.41) is 11.9. The molecule has 108 valence electrons. The van der Waals surface area contributed by atoms with E-state index in [-0.39, 0.29) is 17.7 Å². The van der Waals surface area contributed by atoms with E-state index in [4.69, 9.17) is 21.6 Å². The van der Waals surface area contributed by atoms with Crippen LogP contribution < -0.4 is 10.1 Å². The normalized spacial score (nSPS) is 11.5. The van der Waals surface area contributed by atoms with Gasteiger partial charge in [0.25, 0.3) is 0 Å². The van der Waals surface area contributed by atoms with Gasteiger partial charge in [-0.15, -0.1) is 0 Å². The molecule has 2 aromatic rings. The van der Waals surface area contributed by atoms with Crippen molar-refractivity contribution >= 4 is 17.3 Å². The van der Waals surface area contributed by atoms with Gasteiger partial charge >= 0.3 is 0 Å². The van der Waals surface area contributed by atoms with Gasteiger partial charge in [-0.05, 0) is 36.8 Å². The van der Waals surface area contributed by atoms with Crippen molar-refractivity contribution in [1.29, 1.82) is 5.26 Å². The lowest BCUT2D eigenvalue weighted by atomic mass is 10.1. The van der Waals surface area contributed by atoms with Gasteiger partial charge in [0, 0.05) is 17.8 Å². The second kappa shape index (κ2) is 6.96. The highest BCUT2D eigenvalue weighted by molar-refractivity contribution is 6.30. The molecule has 1 atom stereocenters. The van der Waals surface area contributed by atoms with Gasteiger partial charge < -0.3 is 10.1 Å². The molecule has 0 aliphatic carbocycles. The quantitative estimate of drug-likeness (QED) is 0.881. The van der Waals surface area contributed by atoms with Gasteiger partial charge in [0.2, 0.25) is 0 Å². The predicted octanol–water partition coefficient (Wildman–Crippen LogP) is 4.55. The summed E-state index contributed by atoms with van der Waals surface area (Å²) in [5.74, 6) is 0.186. The number of rotatable bonds is 5. The zero-order valence-corrected chi connectivity index (χ0v) is 12.2. The van der Waals surface area contributed by atoms with Gasteiger partial charge in [-0.2, -0.15) is 5.26 Å². The van der Waals surface area contributed by atoms with Crippen LogP contribution >= 0.6 is 11.6 Å². The molecule has 0 saturated carbocycles. The Hall–Kier alpha value is -2.25. The number of halogens is 2. The number of nitriles is 1. The molecule has 0 saturated heterocycles. The van der Waals surface area contributed by atoms with Crippen LogP contribution in [0.5, 0.6) is 5.75 Å². The summed E-state index contributed by atoms with van der Waals surface area (Å²) in [5.41, 5.74) is 1.73. The third kappa shape index (κ3) is 4.11. The minimum atomic E-state index is -0.431. The smallest absolute Gasteiger partial charge is 0.174 e. The first-order chi connectivity index (χ1) is 10.1. The molecule has 1 N–H and O–H groups in total. The second-order valence-corrected chi connectivity index (χ2v) is 4.92. The summed E-state index contributed by atoms with van der Waals surface area (Å²) >= 11 is 5.79. The monoisotopic (exact) mass is 304 g/mol. The maximum atomic E-state index is 13.2. The van der Waals surface area contributed by atoms with Gasteiger partial charge in [0.15, 0.2) is 6.61 Å². The maximum Gasteiger partial charge on any atom is 0.174 e. The van der Waals surface area contributed by atoms with Crippen molar-refractivity contribution in [3.05, 3.63) is 58.9 Å². The second-order valence-electron chi connectivity index (χ2n) is 4.51. The molecule has 0 spiro atoms. The summed E-state index contributed by atoms with van der Waals surface area (Å²) in [6.45, 7) is 1.96. The molecule has 2 rings (SSSR count). The Morgan fingerprint density at radius 1 is 1.33 bits per heavy atom. The molecule has 2 aromatic carbocycles. The Kier molecular flexibility index (Phi) is 5.02. The fourth-order valence-corrected chi connectivity index (χ4v) is 2.10. The minimum Gasteiger partial charge on any atom is -0.479 e. The molecular formula is C16H14ClFN2O. The van der Waals surface area contributed by atoms with E-state index < -0.39 is 5.82 Å². The van der Waals surface area contributed by atoms with Crippen molar-refractivity contribution in [2.45, 2.75) is 13.0 Å². The summed E-state index contributed by atoms with van der Waals surface area (Å²) in [4.78, 5) is 0. The van der Waals surface area contributed by atoms with E-state index in [0.29, 0.717) is 5.75 Å². The molecule has 1 unspecified atom stereocenters. The summed E-state index contributed by atoms with van der Waals surface area (Å²) in [7, 11) is 0. The van der Waals surface area contributed by atoms with Crippen LogP contribution in [0, 0.1) is 17.1 Å². The highest BCUT2D eigenvalue weighted by atomic mass is 35.5. The standard InChI is InChI=1S/C16H14ClFN2O/c1-11(12-5-6-16(18)15(17)9-12)20-13-3-2-4-14(10-13)21-8-7-19/h2-6,9-11,20H,8H2,1H3. The third-order valence-corrected chi connectivity index (χ3v) is 3.25. The van der Waals surface area contributed by atoms with Gasteiger partial charge in [0.05, 0.1) is 5.02 Å². The molecule has 0 aliphatic rings. The van der Waals surface area contributed by atoms with Gasteiger partial charge in [-0.1, -0.05) is 23.7 Å². The zero-order valence-electron chi connectivity index (χ0n) is 11.4. The summed E-state index contributed by atoms with van der Waals surface area (Å²) in [6.07, 6.45) is 0. The lowest BCUT2D eigenvalue weighted by Crippen LogP contribution is -2.07. The number of ether oxygens (including phenoxy) is 1. The highest BCUT2D eigenvalue weighted by Crippen LogP contribution is 2.25. The number of nitrogens with one attached hydrogen (secondary N) is 1. The molecule has 21 heavy (non-hydrogen) atoms. The Bertz CT molecular complexity index is 670. The third-order valence-electron chi connectivity index (χ3n) is 2.96. The lowest BCUT2D eigenvalue weighted by Gasteiger charge is -2.16. The summed E-state index contributed by atoms with van der Waals surface area (Å²) < 4.78 is 18.4. The van der Waals surface area contributed by atoms with Crippen LogP contribution in [0.4, 0.5) is 10.1 Å². The topological polar surface area (TPSA) is 45.0 Å². The molecule has 0 aliphatic heterocycles. The molecular weight excluding hydrogens is 291 g/mol. The van der Waals surface area contributed by atoms with E-state index in [2.05, 4.69) is 5.32 Å². The number of hydrogen-bond acceptors (Lipinski definition) is 3. The maximum absolute atomic E-state index is 13.2. The highest BCUT2D eigenvalue weighted by Gasteiger charge is 2.08. The number of hydrogen-bond donors (Lipinski definition) is 1. The van der Waals surface area contributed by atoms with E-state index in [0.717, 1.165) is 11.3 Å². The average Bonchev–Trinajstić information content (AvgIpc) is 2.48.